The summed E-state index contributed by atoms with van der Waals surface area (Å²) in [4.78, 5) is 15.1. The molecule has 0 saturated heterocycles. The second kappa shape index (κ2) is 2.94. The molecule has 1 aromatic rings. The molecule has 0 aliphatic rings. The Bertz CT molecular complexity index is 300. The van der Waals surface area contributed by atoms with E-state index in [1.807, 2.05) is 0 Å². The van der Waals surface area contributed by atoms with E-state index in [0.29, 0.717) is 9.88 Å². The van der Waals surface area contributed by atoms with Crippen LogP contribution in [-0.2, 0) is 5.67 Å². The van der Waals surface area contributed by atoms with Gasteiger partial charge in [0.25, 0.3) is 0 Å². The van der Waals surface area contributed by atoms with Crippen molar-refractivity contribution in [1.29, 1.82) is 0 Å². The number of Topliss-reactive ketones (excluding diaryl/α,β-unsaturated/α-hetero) is 1. The van der Waals surface area contributed by atoms with Gasteiger partial charge in [-0.2, -0.15) is 0 Å². The second-order valence-corrected chi connectivity index (χ2v) is 4.09. The third kappa shape index (κ3) is 1.88. The third-order valence-electron chi connectivity index (χ3n) is 1.39. The molecule has 1 rings (SSSR count). The van der Waals surface area contributed by atoms with Crippen LogP contribution in [-0.4, -0.2) is 10.8 Å². The van der Waals surface area contributed by atoms with Crippen LogP contribution in [0, 0.1) is 0 Å². The summed E-state index contributed by atoms with van der Waals surface area (Å²) < 4.78 is 13.3. The number of hydrogen-bond acceptors (Lipinski definition) is 3. The SMILES string of the molecule is CC(=O)c1ncc(C(C)(C)F)s1. The molecule has 0 aliphatic heterocycles. The first-order chi connectivity index (χ1) is 5.41. The molecule has 0 aliphatic carbocycles. The minimum atomic E-state index is -1.40. The van der Waals surface area contributed by atoms with E-state index in [1.165, 1.54) is 27.0 Å². The molecule has 0 aromatic carbocycles. The molecule has 1 heterocycles. The molecule has 2 nitrogen and oxygen atoms in total. The van der Waals surface area contributed by atoms with Crippen LogP contribution in [0.4, 0.5) is 4.39 Å². The predicted octanol–water partition coefficient (Wildman–Crippen LogP) is 2.55. The minimum absolute atomic E-state index is 0.115. The molecular weight excluding hydrogens is 177 g/mol. The molecule has 4 heteroatoms. The third-order valence-corrected chi connectivity index (χ3v) is 2.79. The van der Waals surface area contributed by atoms with Crippen LogP contribution in [0.15, 0.2) is 6.20 Å². The maximum absolute atomic E-state index is 13.3. The van der Waals surface area contributed by atoms with Crippen LogP contribution in [0.2, 0.25) is 0 Å². The van der Waals surface area contributed by atoms with Crippen molar-refractivity contribution in [2.75, 3.05) is 0 Å². The zero-order valence-electron chi connectivity index (χ0n) is 7.22. The molecule has 0 bridgehead atoms. The monoisotopic (exact) mass is 187 g/mol. The average molecular weight is 187 g/mol. The fourth-order valence-electron chi connectivity index (χ4n) is 0.712. The standard InChI is InChI=1S/C8H10FNOS/c1-5(11)7-10-4-6(12-7)8(2,3)9/h4H,1-3H3. The van der Waals surface area contributed by atoms with Gasteiger partial charge in [0.05, 0.1) is 4.88 Å². The van der Waals surface area contributed by atoms with E-state index in [1.54, 1.807) is 0 Å². The van der Waals surface area contributed by atoms with Gasteiger partial charge in [-0.15, -0.1) is 11.3 Å². The molecule has 0 fully saturated rings. The van der Waals surface area contributed by atoms with Gasteiger partial charge in [-0.25, -0.2) is 9.37 Å². The van der Waals surface area contributed by atoms with Crippen LogP contribution >= 0.6 is 11.3 Å². The number of thiazole rings is 1. The molecule has 1 aromatic heterocycles. The Morgan fingerprint density at radius 2 is 2.25 bits per heavy atom. The number of carbonyl (C=O) groups excluding carboxylic acids is 1. The number of aromatic nitrogens is 1. The molecule has 0 radical (unpaired) electrons. The smallest absolute Gasteiger partial charge is 0.188 e. The summed E-state index contributed by atoms with van der Waals surface area (Å²) in [5.41, 5.74) is -1.40. The van der Waals surface area contributed by atoms with E-state index >= 15 is 0 Å². The Kier molecular flexibility index (Phi) is 2.28. The zero-order chi connectivity index (χ0) is 9.35. The zero-order valence-corrected chi connectivity index (χ0v) is 8.04. The van der Waals surface area contributed by atoms with Crippen molar-refractivity contribution in [1.82, 2.24) is 4.98 Å². The van der Waals surface area contributed by atoms with Crippen LogP contribution in [0.5, 0.6) is 0 Å². The topological polar surface area (TPSA) is 30.0 Å². The van der Waals surface area contributed by atoms with Crippen molar-refractivity contribution in [2.24, 2.45) is 0 Å². The normalized spacial score (nSPS) is 11.7. The van der Waals surface area contributed by atoms with Crippen LogP contribution < -0.4 is 0 Å². The minimum Gasteiger partial charge on any atom is -0.292 e. The maximum atomic E-state index is 13.3. The van der Waals surface area contributed by atoms with E-state index in [-0.39, 0.29) is 5.78 Å². The Morgan fingerprint density at radius 3 is 2.50 bits per heavy atom. The quantitative estimate of drug-likeness (QED) is 0.666. The molecule has 0 amide bonds. The maximum Gasteiger partial charge on any atom is 0.188 e. The number of rotatable bonds is 2. The highest BCUT2D eigenvalue weighted by Crippen LogP contribution is 2.29. The van der Waals surface area contributed by atoms with Gasteiger partial charge in [0.2, 0.25) is 0 Å². The molecule has 66 valence electrons. The predicted molar refractivity (Wildman–Crippen MR) is 46.3 cm³/mol. The van der Waals surface area contributed by atoms with E-state index in [4.69, 9.17) is 0 Å². The summed E-state index contributed by atoms with van der Waals surface area (Å²) in [6, 6.07) is 0. The average Bonchev–Trinajstić information content (AvgIpc) is 2.30. The molecule has 0 N–H and O–H groups in total. The first-order valence-electron chi connectivity index (χ1n) is 3.57. The van der Waals surface area contributed by atoms with Crippen LogP contribution in [0.1, 0.15) is 35.5 Å². The lowest BCUT2D eigenvalue weighted by atomic mass is 10.1. The van der Waals surface area contributed by atoms with Crippen molar-refractivity contribution < 1.29 is 9.18 Å². The van der Waals surface area contributed by atoms with Gasteiger partial charge in [-0.3, -0.25) is 4.79 Å². The highest BCUT2D eigenvalue weighted by Gasteiger charge is 2.22. The second-order valence-electron chi connectivity index (χ2n) is 3.06. The number of halogens is 1. The van der Waals surface area contributed by atoms with Gasteiger partial charge in [-0.1, -0.05) is 0 Å². The van der Waals surface area contributed by atoms with E-state index in [9.17, 15) is 9.18 Å². The lowest BCUT2D eigenvalue weighted by molar-refractivity contribution is 0.101. The summed E-state index contributed by atoms with van der Waals surface area (Å²) in [6.45, 7) is 4.32. The van der Waals surface area contributed by atoms with Crippen molar-refractivity contribution in [3.63, 3.8) is 0 Å². The van der Waals surface area contributed by atoms with E-state index in [0.717, 1.165) is 11.3 Å². The first-order valence-corrected chi connectivity index (χ1v) is 4.39. The summed E-state index contributed by atoms with van der Waals surface area (Å²) in [5.74, 6) is -0.115. The van der Waals surface area contributed by atoms with E-state index < -0.39 is 5.67 Å². The fraction of sp³-hybridized carbons (Fsp3) is 0.500. The lowest BCUT2D eigenvalue weighted by Crippen LogP contribution is -2.05. The van der Waals surface area contributed by atoms with Gasteiger partial charge in [-0.05, 0) is 13.8 Å². The Balaban J connectivity index is 3.00. The largest absolute Gasteiger partial charge is 0.292 e. The van der Waals surface area contributed by atoms with E-state index in [2.05, 4.69) is 4.98 Å². The number of hydrogen-bond donors (Lipinski definition) is 0. The summed E-state index contributed by atoms with van der Waals surface area (Å²) in [5, 5.41) is 0.371. The Hall–Kier alpha value is -0.770. The highest BCUT2D eigenvalue weighted by atomic mass is 32.1. The number of carbonyl (C=O) groups is 1. The molecule has 0 saturated carbocycles. The van der Waals surface area contributed by atoms with Crippen molar-refractivity contribution in [3.05, 3.63) is 16.1 Å². The molecule has 0 spiro atoms. The lowest BCUT2D eigenvalue weighted by Gasteiger charge is -2.09. The van der Waals surface area contributed by atoms with Crippen molar-refractivity contribution in [3.8, 4) is 0 Å². The van der Waals surface area contributed by atoms with Crippen molar-refractivity contribution >= 4 is 17.1 Å². The first kappa shape index (κ1) is 9.32. The summed E-state index contributed by atoms with van der Waals surface area (Å²) >= 11 is 1.11. The number of alkyl halides is 1. The van der Waals surface area contributed by atoms with Crippen LogP contribution in [0.25, 0.3) is 0 Å². The van der Waals surface area contributed by atoms with Crippen LogP contribution in [0.3, 0.4) is 0 Å². The summed E-state index contributed by atoms with van der Waals surface area (Å²) in [6.07, 6.45) is 1.42. The number of ketones is 1. The van der Waals surface area contributed by atoms with Gasteiger partial charge in [0, 0.05) is 13.1 Å². The van der Waals surface area contributed by atoms with Gasteiger partial charge in [0.15, 0.2) is 10.8 Å². The van der Waals surface area contributed by atoms with Gasteiger partial charge in [0.1, 0.15) is 5.67 Å². The van der Waals surface area contributed by atoms with Gasteiger partial charge < -0.3 is 0 Å². The Morgan fingerprint density at radius 1 is 1.67 bits per heavy atom. The molecule has 12 heavy (non-hydrogen) atoms. The molecule has 0 atom stereocenters. The fourth-order valence-corrected chi connectivity index (χ4v) is 1.52. The van der Waals surface area contributed by atoms with Crippen molar-refractivity contribution in [2.45, 2.75) is 26.4 Å². The summed E-state index contributed by atoms with van der Waals surface area (Å²) in [7, 11) is 0. The Labute approximate surface area is 74.4 Å². The highest BCUT2D eigenvalue weighted by molar-refractivity contribution is 7.13. The molecular formula is C8H10FNOS. The molecule has 0 unspecified atom stereocenters. The van der Waals surface area contributed by atoms with Gasteiger partial charge >= 0.3 is 0 Å². The number of nitrogens with zero attached hydrogens (tertiary/aromatic N) is 1.